The Balaban J connectivity index is 1.45. The Bertz CT molecular complexity index is 1430. The van der Waals surface area contributed by atoms with Crippen LogP contribution in [0.2, 0.25) is 0 Å². The third-order valence-electron chi connectivity index (χ3n) is 7.10. The lowest BCUT2D eigenvalue weighted by atomic mass is 9.78. The van der Waals surface area contributed by atoms with Crippen molar-refractivity contribution in [3.05, 3.63) is 70.4 Å². The molecule has 2 aromatic heterocycles. The highest BCUT2D eigenvalue weighted by Crippen LogP contribution is 2.38. The first-order valence-electron chi connectivity index (χ1n) is 12.9. The molecule has 39 heavy (non-hydrogen) atoms. The van der Waals surface area contributed by atoms with Crippen molar-refractivity contribution in [2.24, 2.45) is 0 Å². The molecule has 8 nitrogen and oxygen atoms in total. The molecule has 0 aliphatic carbocycles. The zero-order valence-electron chi connectivity index (χ0n) is 22.8. The Hall–Kier alpha value is -3.34. The Morgan fingerprint density at radius 2 is 1.74 bits per heavy atom. The fourth-order valence-corrected chi connectivity index (χ4v) is 4.82. The Morgan fingerprint density at radius 1 is 1.00 bits per heavy atom. The smallest absolute Gasteiger partial charge is 0.488 e. The van der Waals surface area contributed by atoms with Crippen LogP contribution < -0.4 is 14.9 Å². The van der Waals surface area contributed by atoms with E-state index in [-0.39, 0.29) is 19.0 Å². The topological polar surface area (TPSA) is 89.3 Å². The second-order valence-corrected chi connectivity index (χ2v) is 11.3. The molecule has 0 unspecified atom stereocenters. The third kappa shape index (κ3) is 5.83. The van der Waals surface area contributed by atoms with Crippen LogP contribution in [0.15, 0.2) is 58.7 Å². The van der Waals surface area contributed by atoms with Gasteiger partial charge in [-0.25, -0.2) is 4.98 Å². The van der Waals surface area contributed by atoms with E-state index in [0.717, 1.165) is 27.0 Å². The molecule has 204 valence electrons. The molecule has 3 heterocycles. The molecule has 5 rings (SSSR count). The molecule has 4 aromatic rings. The van der Waals surface area contributed by atoms with Gasteiger partial charge in [0, 0.05) is 28.1 Å². The molecule has 0 saturated carbocycles. The number of ether oxygens (including phenoxy) is 3. The first-order valence-corrected chi connectivity index (χ1v) is 13.8. The van der Waals surface area contributed by atoms with E-state index in [0.29, 0.717) is 30.3 Å². The van der Waals surface area contributed by atoms with Gasteiger partial charge < -0.3 is 27.9 Å². The predicted molar refractivity (Wildman–Crippen MR) is 149 cm³/mol. The van der Waals surface area contributed by atoms with Crippen LogP contribution in [0.4, 0.5) is 0 Å². The van der Waals surface area contributed by atoms with E-state index in [1.54, 1.807) is 19.4 Å². The Morgan fingerprint density at radius 3 is 2.46 bits per heavy atom. The number of rotatable bonds is 10. The lowest BCUT2D eigenvalue weighted by molar-refractivity contribution is -0.142. The molecule has 1 saturated heterocycles. The molecule has 10 heteroatoms. The van der Waals surface area contributed by atoms with Crippen molar-refractivity contribution in [2.45, 2.75) is 65.5 Å². The van der Waals surface area contributed by atoms with Gasteiger partial charge in [-0.15, -0.1) is 11.3 Å². The largest absolute Gasteiger partial charge is 0.494 e. The van der Waals surface area contributed by atoms with Gasteiger partial charge in [-0.2, -0.15) is 0 Å². The van der Waals surface area contributed by atoms with Crippen LogP contribution in [0.1, 0.15) is 50.8 Å². The molecular formula is C29H32BNO7S. The number of carbonyl (C=O) groups is 1. The number of nitrogens with zero attached hydrogens (tertiary/aromatic N) is 1. The molecule has 0 N–H and O–H groups in total. The SMILES string of the molecule is CCOC(=O)Cc1ccccc1OCc1coc2c(OCc3nccs3)cc(B3OC(C)(C)C(C)(C)O3)cc12. The Kier molecular flexibility index (Phi) is 7.71. The monoisotopic (exact) mass is 549 g/mol. The summed E-state index contributed by atoms with van der Waals surface area (Å²) in [5.74, 6) is 0.889. The molecule has 1 aliphatic heterocycles. The molecule has 0 spiro atoms. The molecule has 0 amide bonds. The van der Waals surface area contributed by atoms with Crippen molar-refractivity contribution in [1.29, 1.82) is 0 Å². The van der Waals surface area contributed by atoms with E-state index in [1.165, 1.54) is 11.3 Å². The van der Waals surface area contributed by atoms with Crippen LogP contribution >= 0.6 is 11.3 Å². The number of benzene rings is 2. The van der Waals surface area contributed by atoms with Crippen LogP contribution in [0.5, 0.6) is 11.5 Å². The van der Waals surface area contributed by atoms with Crippen molar-refractivity contribution in [3.63, 3.8) is 0 Å². The van der Waals surface area contributed by atoms with Crippen LogP contribution in [0, 0.1) is 0 Å². The summed E-state index contributed by atoms with van der Waals surface area (Å²) >= 11 is 1.53. The number of para-hydroxylation sites is 1. The van der Waals surface area contributed by atoms with Crippen molar-refractivity contribution >= 4 is 40.9 Å². The number of thiazole rings is 1. The minimum Gasteiger partial charge on any atom is -0.488 e. The summed E-state index contributed by atoms with van der Waals surface area (Å²) in [6.07, 6.45) is 3.56. The third-order valence-corrected chi connectivity index (χ3v) is 7.85. The van der Waals surface area contributed by atoms with Gasteiger partial charge in [0.2, 0.25) is 0 Å². The van der Waals surface area contributed by atoms with Gasteiger partial charge in [-0.3, -0.25) is 4.79 Å². The lowest BCUT2D eigenvalue weighted by Gasteiger charge is -2.32. The van der Waals surface area contributed by atoms with E-state index in [9.17, 15) is 4.79 Å². The fourth-order valence-electron chi connectivity index (χ4n) is 4.29. The van der Waals surface area contributed by atoms with Crippen LogP contribution in [-0.2, 0) is 38.5 Å². The average molecular weight is 549 g/mol. The minimum absolute atomic E-state index is 0.136. The zero-order chi connectivity index (χ0) is 27.6. The number of hydrogen-bond donors (Lipinski definition) is 0. The van der Waals surface area contributed by atoms with E-state index in [1.807, 2.05) is 69.5 Å². The summed E-state index contributed by atoms with van der Waals surface area (Å²) in [6, 6.07) is 11.4. The number of aromatic nitrogens is 1. The molecule has 1 aliphatic rings. The van der Waals surface area contributed by atoms with E-state index in [4.69, 9.17) is 27.9 Å². The van der Waals surface area contributed by atoms with Gasteiger partial charge >= 0.3 is 13.1 Å². The molecule has 0 radical (unpaired) electrons. The summed E-state index contributed by atoms with van der Waals surface area (Å²) in [5, 5.41) is 3.61. The van der Waals surface area contributed by atoms with Crippen molar-refractivity contribution in [3.8, 4) is 11.5 Å². The van der Waals surface area contributed by atoms with Gasteiger partial charge in [0.25, 0.3) is 0 Å². The normalized spacial score (nSPS) is 16.0. The zero-order valence-corrected chi connectivity index (χ0v) is 23.6. The minimum atomic E-state index is -0.574. The summed E-state index contributed by atoms with van der Waals surface area (Å²) in [7, 11) is -0.574. The van der Waals surface area contributed by atoms with Gasteiger partial charge in [0.15, 0.2) is 11.3 Å². The maximum atomic E-state index is 12.1. The second-order valence-electron chi connectivity index (χ2n) is 10.3. The van der Waals surface area contributed by atoms with Crippen molar-refractivity contribution < 1.29 is 32.7 Å². The van der Waals surface area contributed by atoms with E-state index < -0.39 is 18.3 Å². The maximum Gasteiger partial charge on any atom is 0.494 e. The highest BCUT2D eigenvalue weighted by molar-refractivity contribution is 7.09. The standard InChI is InChI=1S/C29H32BNO7S/c1-6-33-26(32)13-19-9-7-8-10-23(19)34-16-20-17-36-27-22(20)14-21(30-37-28(2,3)29(4,5)38-30)15-24(27)35-18-25-31-11-12-39-25/h7-12,14-15,17H,6,13,16,18H2,1-5H3. The summed E-state index contributed by atoms with van der Waals surface area (Å²) < 4.78 is 36.1. The number of esters is 1. The highest BCUT2D eigenvalue weighted by Gasteiger charge is 2.52. The summed E-state index contributed by atoms with van der Waals surface area (Å²) in [4.78, 5) is 16.4. The summed E-state index contributed by atoms with van der Waals surface area (Å²) in [6.45, 7) is 10.8. The first kappa shape index (κ1) is 27.2. The average Bonchev–Trinajstić information content (AvgIpc) is 3.60. The van der Waals surface area contributed by atoms with E-state index >= 15 is 0 Å². The molecule has 1 fully saturated rings. The quantitative estimate of drug-likeness (QED) is 0.191. The fraction of sp³-hybridized carbons (Fsp3) is 0.379. The summed E-state index contributed by atoms with van der Waals surface area (Å²) in [5.41, 5.74) is 2.03. The van der Waals surface area contributed by atoms with Gasteiger partial charge in [0.1, 0.15) is 24.0 Å². The molecule has 0 atom stereocenters. The van der Waals surface area contributed by atoms with Crippen molar-refractivity contribution in [2.75, 3.05) is 6.61 Å². The second kappa shape index (κ2) is 11.0. The van der Waals surface area contributed by atoms with Gasteiger partial charge in [-0.05, 0) is 52.2 Å². The van der Waals surface area contributed by atoms with Crippen molar-refractivity contribution in [1.82, 2.24) is 4.98 Å². The predicted octanol–water partition coefficient (Wildman–Crippen LogP) is 5.45. The van der Waals surface area contributed by atoms with Gasteiger partial charge in [-0.1, -0.05) is 24.3 Å². The van der Waals surface area contributed by atoms with Crippen LogP contribution in [0.3, 0.4) is 0 Å². The number of hydrogen-bond acceptors (Lipinski definition) is 9. The number of furan rings is 1. The maximum absolute atomic E-state index is 12.1. The van der Waals surface area contributed by atoms with Gasteiger partial charge in [0.05, 0.1) is 30.5 Å². The van der Waals surface area contributed by atoms with E-state index in [2.05, 4.69) is 4.98 Å². The molecule has 2 aromatic carbocycles. The number of carbonyl (C=O) groups excluding carboxylic acids is 1. The van der Waals surface area contributed by atoms with Crippen LogP contribution in [0.25, 0.3) is 11.0 Å². The lowest BCUT2D eigenvalue weighted by Crippen LogP contribution is -2.41. The highest BCUT2D eigenvalue weighted by atomic mass is 32.1. The first-order chi connectivity index (χ1) is 18.7. The van der Waals surface area contributed by atoms with Crippen LogP contribution in [-0.4, -0.2) is 35.9 Å². The Labute approximate surface area is 232 Å². The molecular weight excluding hydrogens is 517 g/mol. The molecule has 0 bridgehead atoms. The number of fused-ring (bicyclic) bond motifs is 1.